The van der Waals surface area contributed by atoms with Gasteiger partial charge in [-0.15, -0.1) is 0 Å². The minimum Gasteiger partial charge on any atom is -0.396 e. The number of nitrogens with zero attached hydrogens (tertiary/aromatic N) is 1. The van der Waals surface area contributed by atoms with Gasteiger partial charge in [0.1, 0.15) is 0 Å². The summed E-state index contributed by atoms with van der Waals surface area (Å²) < 4.78 is 0. The Labute approximate surface area is 105 Å². The second-order valence-electron chi connectivity index (χ2n) is 6.28. The molecule has 2 rings (SSSR count). The van der Waals surface area contributed by atoms with E-state index in [-0.39, 0.29) is 12.0 Å². The van der Waals surface area contributed by atoms with Gasteiger partial charge in [-0.2, -0.15) is 0 Å². The van der Waals surface area contributed by atoms with E-state index in [1.54, 1.807) is 0 Å². The minimum atomic E-state index is 0.107. The van der Waals surface area contributed by atoms with Crippen LogP contribution in [0.3, 0.4) is 0 Å². The molecule has 0 bridgehead atoms. The third-order valence-corrected chi connectivity index (χ3v) is 4.51. The average molecular weight is 241 g/mol. The Morgan fingerprint density at radius 1 is 1.24 bits per heavy atom. The highest BCUT2D eigenvalue weighted by Crippen LogP contribution is 2.41. The van der Waals surface area contributed by atoms with E-state index in [4.69, 9.17) is 5.11 Å². The van der Waals surface area contributed by atoms with Gasteiger partial charge < -0.3 is 10.2 Å². The Bertz CT molecular complexity index is 242. The average Bonchev–Trinajstić information content (AvgIpc) is 3.12. The van der Waals surface area contributed by atoms with Crippen LogP contribution >= 0.6 is 0 Å². The summed E-state index contributed by atoms with van der Waals surface area (Å²) in [7, 11) is 0. The van der Waals surface area contributed by atoms with E-state index in [1.165, 1.54) is 25.7 Å². The van der Waals surface area contributed by atoms with Crippen LogP contribution < -0.4 is 0 Å². The topological polar surface area (TPSA) is 43.7 Å². The largest absolute Gasteiger partial charge is 0.396 e. The van der Waals surface area contributed by atoms with E-state index in [2.05, 4.69) is 11.8 Å². The molecular formula is C14H27NO2. The second kappa shape index (κ2) is 5.68. The maximum atomic E-state index is 9.79. The fraction of sp³-hybridized carbons (Fsp3) is 1.00. The zero-order valence-corrected chi connectivity index (χ0v) is 11.1. The van der Waals surface area contributed by atoms with Crippen molar-refractivity contribution in [1.29, 1.82) is 0 Å². The molecule has 0 aromatic heterocycles. The summed E-state index contributed by atoms with van der Waals surface area (Å²) in [5.41, 5.74) is 0.107. The molecule has 0 spiro atoms. The summed E-state index contributed by atoms with van der Waals surface area (Å²) >= 11 is 0. The molecular weight excluding hydrogens is 214 g/mol. The summed E-state index contributed by atoms with van der Waals surface area (Å²) in [5, 5.41) is 18.9. The van der Waals surface area contributed by atoms with Crippen LogP contribution in [0.15, 0.2) is 0 Å². The van der Waals surface area contributed by atoms with Crippen LogP contribution in [0.4, 0.5) is 0 Å². The molecule has 2 aliphatic carbocycles. The first-order valence-corrected chi connectivity index (χ1v) is 7.15. The van der Waals surface area contributed by atoms with E-state index < -0.39 is 0 Å². The quantitative estimate of drug-likeness (QED) is 0.743. The SMILES string of the molecule is CC1CCCC(CO)(CN(CCO)C2CC2)C1. The molecule has 2 N–H and O–H groups in total. The van der Waals surface area contributed by atoms with Gasteiger partial charge in [0.2, 0.25) is 0 Å². The summed E-state index contributed by atoms with van der Waals surface area (Å²) in [6.45, 7) is 4.62. The predicted molar refractivity (Wildman–Crippen MR) is 68.8 cm³/mol. The molecule has 3 heteroatoms. The zero-order valence-electron chi connectivity index (χ0n) is 11.1. The first-order valence-electron chi connectivity index (χ1n) is 7.15. The number of hydrogen-bond acceptors (Lipinski definition) is 3. The smallest absolute Gasteiger partial charge is 0.0558 e. The molecule has 0 aromatic carbocycles. The van der Waals surface area contributed by atoms with E-state index in [9.17, 15) is 5.11 Å². The highest BCUT2D eigenvalue weighted by atomic mass is 16.3. The Kier molecular flexibility index (Phi) is 4.45. The molecule has 2 fully saturated rings. The number of rotatable bonds is 6. The van der Waals surface area contributed by atoms with Crippen LogP contribution in [0, 0.1) is 11.3 Å². The van der Waals surface area contributed by atoms with Crippen molar-refractivity contribution in [2.45, 2.75) is 51.5 Å². The number of aliphatic hydroxyl groups is 2. The molecule has 0 aromatic rings. The molecule has 17 heavy (non-hydrogen) atoms. The summed E-state index contributed by atoms with van der Waals surface area (Å²) in [6.07, 6.45) is 7.42. The maximum Gasteiger partial charge on any atom is 0.0558 e. The lowest BCUT2D eigenvalue weighted by Gasteiger charge is -2.42. The molecule has 2 saturated carbocycles. The Morgan fingerprint density at radius 3 is 2.53 bits per heavy atom. The lowest BCUT2D eigenvalue weighted by atomic mass is 9.70. The van der Waals surface area contributed by atoms with Gasteiger partial charge in [0, 0.05) is 31.2 Å². The fourth-order valence-corrected chi connectivity index (χ4v) is 3.50. The van der Waals surface area contributed by atoms with Crippen LogP contribution in [0.25, 0.3) is 0 Å². The standard InChI is InChI=1S/C14H27NO2/c1-12-3-2-6-14(9-12,11-17)10-15(7-8-16)13-4-5-13/h12-13,16-17H,2-11H2,1H3. The second-order valence-corrected chi connectivity index (χ2v) is 6.28. The highest BCUT2D eigenvalue weighted by Gasteiger charge is 2.39. The van der Waals surface area contributed by atoms with Crippen LogP contribution in [0.1, 0.15) is 45.4 Å². The van der Waals surface area contributed by atoms with E-state index >= 15 is 0 Å². The molecule has 2 unspecified atom stereocenters. The molecule has 3 nitrogen and oxygen atoms in total. The molecule has 0 aliphatic heterocycles. The predicted octanol–water partition coefficient (Wildman–Crippen LogP) is 1.63. The van der Waals surface area contributed by atoms with E-state index in [0.29, 0.717) is 12.6 Å². The van der Waals surface area contributed by atoms with Gasteiger partial charge in [-0.1, -0.05) is 19.8 Å². The third-order valence-electron chi connectivity index (χ3n) is 4.51. The van der Waals surface area contributed by atoms with Crippen molar-refractivity contribution in [3.05, 3.63) is 0 Å². The van der Waals surface area contributed by atoms with E-state index in [1.807, 2.05) is 0 Å². The van der Waals surface area contributed by atoms with Crippen molar-refractivity contribution < 1.29 is 10.2 Å². The summed E-state index contributed by atoms with van der Waals surface area (Å²) in [6, 6.07) is 0.683. The molecule has 2 atom stereocenters. The molecule has 0 saturated heterocycles. The molecule has 0 radical (unpaired) electrons. The Morgan fingerprint density at radius 2 is 2.00 bits per heavy atom. The first kappa shape index (κ1) is 13.3. The van der Waals surface area contributed by atoms with Crippen LogP contribution in [-0.4, -0.2) is 47.5 Å². The molecule has 0 amide bonds. The Hall–Kier alpha value is -0.120. The Balaban J connectivity index is 1.96. The van der Waals surface area contributed by atoms with Crippen LogP contribution in [0.5, 0.6) is 0 Å². The van der Waals surface area contributed by atoms with Gasteiger partial charge >= 0.3 is 0 Å². The van der Waals surface area contributed by atoms with Gasteiger partial charge in [-0.25, -0.2) is 0 Å². The monoisotopic (exact) mass is 241 g/mol. The molecule has 100 valence electrons. The van der Waals surface area contributed by atoms with Crippen molar-refractivity contribution in [2.75, 3.05) is 26.3 Å². The van der Waals surface area contributed by atoms with Gasteiger partial charge in [-0.05, 0) is 31.6 Å². The molecule has 0 heterocycles. The van der Waals surface area contributed by atoms with Gasteiger partial charge in [-0.3, -0.25) is 4.90 Å². The lowest BCUT2D eigenvalue weighted by Crippen LogP contribution is -2.44. The van der Waals surface area contributed by atoms with Crippen molar-refractivity contribution in [1.82, 2.24) is 4.90 Å². The molecule has 2 aliphatic rings. The zero-order chi connectivity index (χ0) is 12.3. The maximum absolute atomic E-state index is 9.79. The van der Waals surface area contributed by atoms with Crippen LogP contribution in [0.2, 0.25) is 0 Å². The summed E-state index contributed by atoms with van der Waals surface area (Å²) in [4.78, 5) is 2.41. The number of aliphatic hydroxyl groups excluding tert-OH is 2. The van der Waals surface area contributed by atoms with Crippen molar-refractivity contribution in [3.63, 3.8) is 0 Å². The first-order chi connectivity index (χ1) is 8.19. The third kappa shape index (κ3) is 3.43. The minimum absolute atomic E-state index is 0.107. The van der Waals surface area contributed by atoms with Crippen LogP contribution in [-0.2, 0) is 0 Å². The van der Waals surface area contributed by atoms with Gasteiger partial charge in [0.25, 0.3) is 0 Å². The normalized spacial score (nSPS) is 34.2. The fourth-order valence-electron chi connectivity index (χ4n) is 3.50. The van der Waals surface area contributed by atoms with Gasteiger partial charge in [0.15, 0.2) is 0 Å². The van der Waals surface area contributed by atoms with Crippen molar-refractivity contribution >= 4 is 0 Å². The van der Waals surface area contributed by atoms with E-state index in [0.717, 1.165) is 31.8 Å². The highest BCUT2D eigenvalue weighted by molar-refractivity contribution is 4.92. The van der Waals surface area contributed by atoms with Crippen molar-refractivity contribution in [3.8, 4) is 0 Å². The number of hydrogen-bond donors (Lipinski definition) is 2. The van der Waals surface area contributed by atoms with Gasteiger partial charge in [0.05, 0.1) is 6.61 Å². The lowest BCUT2D eigenvalue weighted by molar-refractivity contribution is 0.0169. The van der Waals surface area contributed by atoms with Crippen molar-refractivity contribution in [2.24, 2.45) is 11.3 Å². The summed E-state index contributed by atoms with van der Waals surface area (Å²) in [5.74, 6) is 0.742.